The summed E-state index contributed by atoms with van der Waals surface area (Å²) < 4.78 is 7.63. The first kappa shape index (κ1) is 16.1. The summed E-state index contributed by atoms with van der Waals surface area (Å²) in [6, 6.07) is 19.3. The molecule has 0 saturated heterocycles. The molecule has 2 heterocycles. The highest BCUT2D eigenvalue weighted by Gasteiger charge is 2.11. The summed E-state index contributed by atoms with van der Waals surface area (Å²) in [5.41, 5.74) is 3.13. The molecule has 5 heteroatoms. The van der Waals surface area contributed by atoms with E-state index < -0.39 is 0 Å². The summed E-state index contributed by atoms with van der Waals surface area (Å²) in [7, 11) is 0. The molecule has 0 fully saturated rings. The van der Waals surface area contributed by atoms with Gasteiger partial charge in [-0.25, -0.2) is 4.68 Å². The number of nitrogens with one attached hydrogen (secondary N) is 1. The summed E-state index contributed by atoms with van der Waals surface area (Å²) in [5.74, 6) is 0.660. The molecular formula is C21H19N3O2. The van der Waals surface area contributed by atoms with E-state index in [2.05, 4.69) is 10.4 Å². The Hall–Kier alpha value is -3.34. The highest BCUT2D eigenvalue weighted by atomic mass is 16.3. The van der Waals surface area contributed by atoms with Gasteiger partial charge in [0.15, 0.2) is 5.76 Å². The summed E-state index contributed by atoms with van der Waals surface area (Å²) >= 11 is 0. The van der Waals surface area contributed by atoms with Crippen LogP contribution in [0.2, 0.25) is 0 Å². The molecule has 4 aromatic rings. The van der Waals surface area contributed by atoms with Crippen molar-refractivity contribution >= 4 is 16.9 Å². The summed E-state index contributed by atoms with van der Waals surface area (Å²) in [4.78, 5) is 12.0. The Balaban J connectivity index is 1.58. The number of aromatic nitrogens is 2. The van der Waals surface area contributed by atoms with Gasteiger partial charge in [0.1, 0.15) is 11.3 Å². The van der Waals surface area contributed by atoms with Gasteiger partial charge in [-0.05, 0) is 56.3 Å². The van der Waals surface area contributed by atoms with Gasteiger partial charge in [0.2, 0.25) is 0 Å². The van der Waals surface area contributed by atoms with Gasteiger partial charge in [0, 0.05) is 23.2 Å². The minimum absolute atomic E-state index is 0.0741. The molecule has 1 amide bonds. The van der Waals surface area contributed by atoms with E-state index >= 15 is 0 Å². The van der Waals surface area contributed by atoms with Crippen molar-refractivity contribution < 1.29 is 9.21 Å². The van der Waals surface area contributed by atoms with Gasteiger partial charge in [0.25, 0.3) is 5.91 Å². The first-order chi connectivity index (χ1) is 12.6. The van der Waals surface area contributed by atoms with Crippen LogP contribution in [-0.2, 0) is 0 Å². The lowest BCUT2D eigenvalue weighted by Gasteiger charge is -2.08. The molecule has 0 spiro atoms. The number of fused-ring (bicyclic) bond motifs is 1. The lowest BCUT2D eigenvalue weighted by atomic mass is 10.2. The predicted molar refractivity (Wildman–Crippen MR) is 101 cm³/mol. The number of para-hydroxylation sites is 1. The first-order valence-electron chi connectivity index (χ1n) is 8.56. The summed E-state index contributed by atoms with van der Waals surface area (Å²) in [5, 5.41) is 8.53. The Morgan fingerprint density at radius 2 is 1.85 bits per heavy atom. The highest BCUT2D eigenvalue weighted by molar-refractivity contribution is 5.94. The van der Waals surface area contributed by atoms with Crippen LogP contribution < -0.4 is 5.32 Å². The Labute approximate surface area is 151 Å². The van der Waals surface area contributed by atoms with Gasteiger partial charge in [-0.15, -0.1) is 0 Å². The van der Waals surface area contributed by atoms with Crippen LogP contribution in [0.1, 0.15) is 24.2 Å². The molecule has 26 heavy (non-hydrogen) atoms. The van der Waals surface area contributed by atoms with E-state index in [1.165, 1.54) is 0 Å². The van der Waals surface area contributed by atoms with E-state index in [9.17, 15) is 4.79 Å². The van der Waals surface area contributed by atoms with Crippen LogP contribution >= 0.6 is 0 Å². The van der Waals surface area contributed by atoms with Crippen LogP contribution in [0.5, 0.6) is 0 Å². The van der Waals surface area contributed by atoms with E-state index in [0.29, 0.717) is 5.56 Å². The second kappa shape index (κ2) is 6.52. The molecule has 0 radical (unpaired) electrons. The lowest BCUT2D eigenvalue weighted by molar-refractivity contribution is 0.0943. The molecule has 2 aromatic carbocycles. The zero-order valence-corrected chi connectivity index (χ0v) is 14.6. The predicted octanol–water partition coefficient (Wildman–Crippen LogP) is 4.42. The molecule has 2 aromatic heterocycles. The quantitative estimate of drug-likeness (QED) is 0.595. The fourth-order valence-electron chi connectivity index (χ4n) is 2.82. The van der Waals surface area contributed by atoms with Crippen LogP contribution in [0, 0.1) is 0 Å². The van der Waals surface area contributed by atoms with Crippen LogP contribution in [0.3, 0.4) is 0 Å². The number of furan rings is 1. The Morgan fingerprint density at radius 1 is 1.08 bits per heavy atom. The summed E-state index contributed by atoms with van der Waals surface area (Å²) in [6.07, 6.45) is 1.88. The third-order valence-electron chi connectivity index (χ3n) is 4.08. The molecule has 130 valence electrons. The molecule has 4 rings (SSSR count). The van der Waals surface area contributed by atoms with E-state index in [0.717, 1.165) is 28.1 Å². The maximum absolute atomic E-state index is 12.0. The van der Waals surface area contributed by atoms with Gasteiger partial charge in [0.05, 0.1) is 5.69 Å². The SMILES string of the molecule is CC(C)NC(=O)c1ccc(-n2ccc(-c3cc4ccccc4o3)n2)cc1. The smallest absolute Gasteiger partial charge is 0.251 e. The molecule has 0 aliphatic carbocycles. The molecule has 0 bridgehead atoms. The number of carbonyl (C=O) groups excluding carboxylic acids is 1. The normalized spacial score (nSPS) is 11.2. The molecule has 1 N–H and O–H groups in total. The van der Waals surface area contributed by atoms with Crippen molar-refractivity contribution in [1.29, 1.82) is 0 Å². The average Bonchev–Trinajstić information content (AvgIpc) is 3.28. The van der Waals surface area contributed by atoms with Gasteiger partial charge in [-0.2, -0.15) is 5.10 Å². The second-order valence-electron chi connectivity index (χ2n) is 6.47. The molecule has 0 aliphatic heterocycles. The maximum Gasteiger partial charge on any atom is 0.251 e. The fourth-order valence-corrected chi connectivity index (χ4v) is 2.82. The highest BCUT2D eigenvalue weighted by Crippen LogP contribution is 2.26. The Morgan fingerprint density at radius 3 is 2.58 bits per heavy atom. The largest absolute Gasteiger partial charge is 0.454 e. The van der Waals surface area contributed by atoms with Gasteiger partial charge >= 0.3 is 0 Å². The molecule has 5 nitrogen and oxygen atoms in total. The Kier molecular flexibility index (Phi) is 4.05. The van der Waals surface area contributed by atoms with Crippen molar-refractivity contribution in [2.45, 2.75) is 19.9 Å². The zero-order valence-electron chi connectivity index (χ0n) is 14.6. The molecule has 0 atom stereocenters. The van der Waals surface area contributed by atoms with E-state index in [4.69, 9.17) is 4.42 Å². The Bertz CT molecular complexity index is 1030. The fraction of sp³-hybridized carbons (Fsp3) is 0.143. The van der Waals surface area contributed by atoms with Crippen molar-refractivity contribution in [2.75, 3.05) is 0 Å². The number of hydrogen-bond donors (Lipinski definition) is 1. The topological polar surface area (TPSA) is 60.1 Å². The maximum atomic E-state index is 12.0. The van der Waals surface area contributed by atoms with Crippen molar-refractivity contribution in [1.82, 2.24) is 15.1 Å². The second-order valence-corrected chi connectivity index (χ2v) is 6.47. The molecular weight excluding hydrogens is 326 g/mol. The minimum atomic E-state index is -0.0741. The number of hydrogen-bond acceptors (Lipinski definition) is 3. The zero-order chi connectivity index (χ0) is 18.1. The third-order valence-corrected chi connectivity index (χ3v) is 4.08. The monoisotopic (exact) mass is 345 g/mol. The number of rotatable bonds is 4. The van der Waals surface area contributed by atoms with Gasteiger partial charge < -0.3 is 9.73 Å². The van der Waals surface area contributed by atoms with Crippen molar-refractivity contribution in [3.05, 3.63) is 72.4 Å². The number of nitrogens with zero attached hydrogens (tertiary/aromatic N) is 2. The molecule has 0 saturated carbocycles. The average molecular weight is 345 g/mol. The van der Waals surface area contributed by atoms with Crippen molar-refractivity contribution in [3.63, 3.8) is 0 Å². The van der Waals surface area contributed by atoms with Crippen molar-refractivity contribution in [3.8, 4) is 17.1 Å². The van der Waals surface area contributed by atoms with Gasteiger partial charge in [-0.3, -0.25) is 4.79 Å². The standard InChI is InChI=1S/C21H19N3O2/c1-14(2)22-21(25)15-7-9-17(10-8-15)24-12-11-18(23-24)20-13-16-5-3-4-6-19(16)26-20/h3-14H,1-2H3,(H,22,25). The minimum Gasteiger partial charge on any atom is -0.454 e. The van der Waals surface area contributed by atoms with Crippen LogP contribution in [0.4, 0.5) is 0 Å². The van der Waals surface area contributed by atoms with E-state index in [1.807, 2.05) is 68.6 Å². The van der Waals surface area contributed by atoms with E-state index in [1.54, 1.807) is 16.8 Å². The molecule has 0 unspecified atom stereocenters. The lowest BCUT2D eigenvalue weighted by Crippen LogP contribution is -2.29. The van der Waals surface area contributed by atoms with Crippen LogP contribution in [0.15, 0.2) is 71.3 Å². The van der Waals surface area contributed by atoms with Crippen LogP contribution in [-0.4, -0.2) is 21.7 Å². The number of amides is 1. The summed E-state index contributed by atoms with van der Waals surface area (Å²) in [6.45, 7) is 3.88. The van der Waals surface area contributed by atoms with E-state index in [-0.39, 0.29) is 11.9 Å². The van der Waals surface area contributed by atoms with Crippen molar-refractivity contribution in [2.24, 2.45) is 0 Å². The number of carbonyl (C=O) groups is 1. The van der Waals surface area contributed by atoms with Crippen LogP contribution in [0.25, 0.3) is 28.1 Å². The first-order valence-corrected chi connectivity index (χ1v) is 8.56. The third kappa shape index (κ3) is 3.11. The molecule has 0 aliphatic rings. The number of benzene rings is 2. The van der Waals surface area contributed by atoms with Gasteiger partial charge in [-0.1, -0.05) is 18.2 Å².